The van der Waals surface area contributed by atoms with Crippen LogP contribution in [0.2, 0.25) is 10.0 Å². The van der Waals surface area contributed by atoms with Crippen molar-refractivity contribution in [2.24, 2.45) is 0 Å². The summed E-state index contributed by atoms with van der Waals surface area (Å²) in [6, 6.07) is 15.4. The normalized spacial score (nSPS) is 10.6. The lowest BCUT2D eigenvalue weighted by atomic mass is 10.2. The molecular formula is C21H17BrCl2FNO2. The van der Waals surface area contributed by atoms with Crippen LogP contribution in [0.5, 0.6) is 11.5 Å². The van der Waals surface area contributed by atoms with E-state index in [1.54, 1.807) is 31.4 Å². The zero-order valence-corrected chi connectivity index (χ0v) is 18.0. The van der Waals surface area contributed by atoms with Crippen LogP contribution < -0.4 is 14.8 Å². The zero-order chi connectivity index (χ0) is 20.1. The minimum absolute atomic E-state index is 0.277. The van der Waals surface area contributed by atoms with Crippen molar-refractivity contribution in [3.05, 3.63) is 86.1 Å². The molecule has 0 saturated carbocycles. The summed E-state index contributed by atoms with van der Waals surface area (Å²) in [5.41, 5.74) is 2.71. The molecule has 0 aliphatic heterocycles. The molecule has 0 saturated heterocycles. The van der Waals surface area contributed by atoms with E-state index in [0.29, 0.717) is 34.7 Å². The molecule has 0 bridgehead atoms. The highest BCUT2D eigenvalue weighted by Gasteiger charge is 2.12. The maximum Gasteiger partial charge on any atom is 0.175 e. The summed E-state index contributed by atoms with van der Waals surface area (Å²) in [5, 5.41) is 4.30. The Morgan fingerprint density at radius 3 is 2.39 bits per heavy atom. The van der Waals surface area contributed by atoms with E-state index in [1.165, 1.54) is 12.1 Å². The number of rotatable bonds is 7. The van der Waals surface area contributed by atoms with Crippen molar-refractivity contribution in [2.45, 2.75) is 13.2 Å². The Morgan fingerprint density at radius 2 is 1.71 bits per heavy atom. The van der Waals surface area contributed by atoms with E-state index in [1.807, 2.05) is 18.2 Å². The zero-order valence-electron chi connectivity index (χ0n) is 14.9. The highest BCUT2D eigenvalue weighted by Crippen LogP contribution is 2.37. The molecule has 3 rings (SSSR count). The number of hydrogen-bond donors (Lipinski definition) is 1. The lowest BCUT2D eigenvalue weighted by molar-refractivity contribution is 0.282. The van der Waals surface area contributed by atoms with Gasteiger partial charge in [-0.3, -0.25) is 0 Å². The Balaban J connectivity index is 1.71. The topological polar surface area (TPSA) is 30.5 Å². The Morgan fingerprint density at radius 1 is 0.964 bits per heavy atom. The first-order valence-corrected chi connectivity index (χ1v) is 9.93. The van der Waals surface area contributed by atoms with Crippen molar-refractivity contribution in [2.75, 3.05) is 12.4 Å². The minimum Gasteiger partial charge on any atom is -0.493 e. The molecule has 0 aliphatic carbocycles. The van der Waals surface area contributed by atoms with E-state index in [2.05, 4.69) is 21.2 Å². The third kappa shape index (κ3) is 5.31. The van der Waals surface area contributed by atoms with Gasteiger partial charge in [-0.25, -0.2) is 4.39 Å². The van der Waals surface area contributed by atoms with E-state index in [9.17, 15) is 4.39 Å². The Bertz CT molecular complexity index is 967. The first-order chi connectivity index (χ1) is 13.5. The quantitative estimate of drug-likeness (QED) is 0.388. The van der Waals surface area contributed by atoms with Gasteiger partial charge in [0.2, 0.25) is 0 Å². The Kier molecular flexibility index (Phi) is 7.05. The lowest BCUT2D eigenvalue weighted by Crippen LogP contribution is -2.03. The third-order valence-electron chi connectivity index (χ3n) is 4.00. The van der Waals surface area contributed by atoms with Crippen LogP contribution in [-0.4, -0.2) is 7.11 Å². The van der Waals surface area contributed by atoms with Gasteiger partial charge in [0.05, 0.1) is 21.6 Å². The van der Waals surface area contributed by atoms with E-state index in [0.717, 1.165) is 21.3 Å². The number of ether oxygens (including phenoxy) is 2. The number of benzene rings is 3. The van der Waals surface area contributed by atoms with Gasteiger partial charge in [0.15, 0.2) is 11.5 Å². The number of halogens is 4. The standard InChI is InChI=1S/C21H17BrCl2FNO2/c1-27-20-9-14(11-26-16-6-7-18(23)19(24)10-16)8-17(22)21(20)28-12-13-2-4-15(25)5-3-13/h2-10,26H,11-12H2,1H3. The molecule has 28 heavy (non-hydrogen) atoms. The number of hydrogen-bond acceptors (Lipinski definition) is 3. The van der Waals surface area contributed by atoms with Gasteiger partial charge in [0.1, 0.15) is 12.4 Å². The van der Waals surface area contributed by atoms with Gasteiger partial charge < -0.3 is 14.8 Å². The molecule has 3 aromatic carbocycles. The largest absolute Gasteiger partial charge is 0.493 e. The van der Waals surface area contributed by atoms with Crippen molar-refractivity contribution >= 4 is 44.8 Å². The molecule has 0 heterocycles. The summed E-state index contributed by atoms with van der Waals surface area (Å²) in [6.45, 7) is 0.862. The van der Waals surface area contributed by atoms with Crippen molar-refractivity contribution in [3.63, 3.8) is 0 Å². The molecule has 0 spiro atoms. The molecule has 3 nitrogen and oxygen atoms in total. The van der Waals surface area contributed by atoms with Crippen molar-refractivity contribution in [1.82, 2.24) is 0 Å². The van der Waals surface area contributed by atoms with Gasteiger partial charge in [-0.1, -0.05) is 35.3 Å². The SMILES string of the molecule is COc1cc(CNc2ccc(Cl)c(Cl)c2)cc(Br)c1OCc1ccc(F)cc1. The highest BCUT2D eigenvalue weighted by atomic mass is 79.9. The fourth-order valence-electron chi connectivity index (χ4n) is 2.56. The van der Waals surface area contributed by atoms with E-state index in [-0.39, 0.29) is 5.82 Å². The smallest absolute Gasteiger partial charge is 0.175 e. The number of nitrogens with one attached hydrogen (secondary N) is 1. The van der Waals surface area contributed by atoms with Gasteiger partial charge in [0, 0.05) is 12.2 Å². The summed E-state index contributed by atoms with van der Waals surface area (Å²) in [4.78, 5) is 0. The van der Waals surface area contributed by atoms with Gasteiger partial charge in [-0.05, 0) is 69.5 Å². The Labute approximate surface area is 181 Å². The lowest BCUT2D eigenvalue weighted by Gasteiger charge is -2.15. The second-order valence-corrected chi connectivity index (χ2v) is 7.68. The average Bonchev–Trinajstić information content (AvgIpc) is 2.69. The van der Waals surface area contributed by atoms with Crippen LogP contribution in [0.15, 0.2) is 59.1 Å². The summed E-state index contributed by atoms with van der Waals surface area (Å²) in [6.07, 6.45) is 0. The maximum atomic E-state index is 13.0. The van der Waals surface area contributed by atoms with Crippen LogP contribution in [0.25, 0.3) is 0 Å². The minimum atomic E-state index is -0.277. The predicted octanol–water partition coefficient (Wildman–Crippen LogP) is 7.09. The molecule has 0 atom stereocenters. The summed E-state index contributed by atoms with van der Waals surface area (Å²) < 4.78 is 25.2. The van der Waals surface area contributed by atoms with Crippen LogP contribution in [0.1, 0.15) is 11.1 Å². The molecule has 1 N–H and O–H groups in total. The second-order valence-electron chi connectivity index (χ2n) is 6.01. The van der Waals surface area contributed by atoms with Gasteiger partial charge in [-0.2, -0.15) is 0 Å². The number of anilines is 1. The van der Waals surface area contributed by atoms with Crippen LogP contribution >= 0.6 is 39.1 Å². The molecule has 0 amide bonds. The molecule has 0 fully saturated rings. The summed E-state index contributed by atoms with van der Waals surface area (Å²) in [5.74, 6) is 0.911. The van der Waals surface area contributed by atoms with Gasteiger partial charge >= 0.3 is 0 Å². The summed E-state index contributed by atoms with van der Waals surface area (Å²) >= 11 is 15.5. The van der Waals surface area contributed by atoms with Crippen molar-refractivity contribution in [3.8, 4) is 11.5 Å². The number of methoxy groups -OCH3 is 1. The molecule has 0 radical (unpaired) electrons. The average molecular weight is 485 g/mol. The molecule has 0 unspecified atom stereocenters. The van der Waals surface area contributed by atoms with Gasteiger partial charge in [0.25, 0.3) is 0 Å². The Hall–Kier alpha value is -1.95. The first-order valence-electron chi connectivity index (χ1n) is 8.39. The molecule has 0 aromatic heterocycles. The van der Waals surface area contributed by atoms with E-state index >= 15 is 0 Å². The van der Waals surface area contributed by atoms with Crippen LogP contribution in [0, 0.1) is 5.82 Å². The molecular weight excluding hydrogens is 468 g/mol. The maximum absolute atomic E-state index is 13.0. The van der Waals surface area contributed by atoms with E-state index in [4.69, 9.17) is 32.7 Å². The predicted molar refractivity (Wildman–Crippen MR) is 115 cm³/mol. The fraction of sp³-hybridized carbons (Fsp3) is 0.143. The third-order valence-corrected chi connectivity index (χ3v) is 5.33. The second kappa shape index (κ2) is 9.50. The van der Waals surface area contributed by atoms with Crippen LogP contribution in [-0.2, 0) is 13.2 Å². The van der Waals surface area contributed by atoms with Crippen molar-refractivity contribution < 1.29 is 13.9 Å². The molecule has 0 aliphatic rings. The van der Waals surface area contributed by atoms with Crippen LogP contribution in [0.4, 0.5) is 10.1 Å². The summed E-state index contributed by atoms with van der Waals surface area (Å²) in [7, 11) is 1.59. The fourth-order valence-corrected chi connectivity index (χ4v) is 3.46. The van der Waals surface area contributed by atoms with Gasteiger partial charge in [-0.15, -0.1) is 0 Å². The van der Waals surface area contributed by atoms with Crippen LogP contribution in [0.3, 0.4) is 0 Å². The van der Waals surface area contributed by atoms with E-state index < -0.39 is 0 Å². The highest BCUT2D eigenvalue weighted by molar-refractivity contribution is 9.10. The molecule has 7 heteroatoms. The monoisotopic (exact) mass is 483 g/mol. The molecule has 3 aromatic rings. The van der Waals surface area contributed by atoms with Crippen molar-refractivity contribution in [1.29, 1.82) is 0 Å². The molecule has 146 valence electrons. The first kappa shape index (κ1) is 20.8.